The van der Waals surface area contributed by atoms with Crippen LogP contribution in [0.5, 0.6) is 0 Å². The quantitative estimate of drug-likeness (QED) is 0.809. The van der Waals surface area contributed by atoms with Crippen LogP contribution < -0.4 is 0 Å². The molecule has 1 aliphatic rings. The third-order valence-electron chi connectivity index (χ3n) is 4.05. The predicted octanol–water partition coefficient (Wildman–Crippen LogP) is 3.55. The summed E-state index contributed by atoms with van der Waals surface area (Å²) in [5.41, 5.74) is 3.28. The van der Waals surface area contributed by atoms with Crippen LogP contribution in [-0.4, -0.2) is 15.2 Å². The van der Waals surface area contributed by atoms with Crippen LogP contribution >= 0.6 is 0 Å². The van der Waals surface area contributed by atoms with Crippen LogP contribution in [0.3, 0.4) is 0 Å². The summed E-state index contributed by atoms with van der Waals surface area (Å²) in [6.07, 6.45) is 3.34. The first-order valence-electron chi connectivity index (χ1n) is 7.28. The highest BCUT2D eigenvalue weighted by atomic mass is 32.2. The molecule has 108 valence electrons. The Hall–Kier alpha value is -1.74. The van der Waals surface area contributed by atoms with Crippen LogP contribution in [0.1, 0.15) is 34.8 Å². The van der Waals surface area contributed by atoms with Crippen molar-refractivity contribution in [3.05, 3.63) is 65.2 Å². The van der Waals surface area contributed by atoms with E-state index in [0.717, 1.165) is 17.7 Å². The summed E-state index contributed by atoms with van der Waals surface area (Å²) < 4.78 is 12.6. The molecule has 0 bridgehead atoms. The fourth-order valence-electron chi connectivity index (χ4n) is 2.81. The number of carbonyl (C=O) groups excluding carboxylic acids is 1. The molecular weight excluding hydrogens is 280 g/mol. The molecule has 0 saturated carbocycles. The summed E-state index contributed by atoms with van der Waals surface area (Å²) in [6.45, 7) is 1.75. The molecule has 0 aliphatic heterocycles. The van der Waals surface area contributed by atoms with E-state index in [9.17, 15) is 9.00 Å². The number of ketones is 1. The van der Waals surface area contributed by atoms with Gasteiger partial charge in [0.2, 0.25) is 0 Å². The summed E-state index contributed by atoms with van der Waals surface area (Å²) in [4.78, 5) is 13.2. The van der Waals surface area contributed by atoms with Crippen molar-refractivity contribution in [2.75, 3.05) is 0 Å². The second-order valence-electron chi connectivity index (χ2n) is 5.45. The van der Waals surface area contributed by atoms with E-state index in [-0.39, 0.29) is 5.78 Å². The molecule has 2 unspecified atom stereocenters. The van der Waals surface area contributed by atoms with Gasteiger partial charge in [-0.1, -0.05) is 36.4 Å². The third-order valence-corrected chi connectivity index (χ3v) is 5.63. The molecule has 0 amide bonds. The van der Waals surface area contributed by atoms with Gasteiger partial charge in [0.25, 0.3) is 0 Å². The predicted molar refractivity (Wildman–Crippen MR) is 85.1 cm³/mol. The van der Waals surface area contributed by atoms with Crippen LogP contribution in [-0.2, 0) is 23.6 Å². The molecule has 0 radical (unpaired) electrons. The third kappa shape index (κ3) is 2.84. The average molecular weight is 298 g/mol. The topological polar surface area (TPSA) is 34.1 Å². The first-order chi connectivity index (χ1) is 10.2. The smallest absolute Gasteiger partial charge is 0.178 e. The van der Waals surface area contributed by atoms with E-state index < -0.39 is 16.0 Å². The number of hydrogen-bond acceptors (Lipinski definition) is 2. The van der Waals surface area contributed by atoms with Gasteiger partial charge in [-0.15, -0.1) is 0 Å². The first kappa shape index (κ1) is 14.2. The summed E-state index contributed by atoms with van der Waals surface area (Å²) in [5, 5.41) is -0.521. The number of Topliss-reactive ketones (excluding diaryl/α,β-unsaturated/α-hetero) is 1. The van der Waals surface area contributed by atoms with Gasteiger partial charge in [0.15, 0.2) is 5.78 Å². The lowest BCUT2D eigenvalue weighted by Gasteiger charge is -2.12. The molecule has 0 aromatic heterocycles. The highest BCUT2D eigenvalue weighted by Crippen LogP contribution is 2.25. The number of carbonyl (C=O) groups is 1. The zero-order valence-electron chi connectivity index (χ0n) is 12.0. The van der Waals surface area contributed by atoms with Gasteiger partial charge in [0.05, 0.1) is 16.0 Å². The average Bonchev–Trinajstić information content (AvgIpc) is 3.01. The Kier molecular flexibility index (Phi) is 4.02. The van der Waals surface area contributed by atoms with Gasteiger partial charge < -0.3 is 0 Å². The van der Waals surface area contributed by atoms with Crippen molar-refractivity contribution in [1.29, 1.82) is 0 Å². The fraction of sp³-hybridized carbons (Fsp3) is 0.278. The van der Waals surface area contributed by atoms with Gasteiger partial charge in [-0.2, -0.15) is 0 Å². The van der Waals surface area contributed by atoms with Gasteiger partial charge in [0, 0.05) is 10.5 Å². The lowest BCUT2D eigenvalue weighted by molar-refractivity contribution is 0.0992. The zero-order valence-corrected chi connectivity index (χ0v) is 12.9. The molecule has 21 heavy (non-hydrogen) atoms. The van der Waals surface area contributed by atoms with E-state index in [1.54, 1.807) is 19.1 Å². The second kappa shape index (κ2) is 5.94. The molecule has 2 aromatic rings. The Bertz CT molecular complexity index is 692. The van der Waals surface area contributed by atoms with Crippen molar-refractivity contribution in [2.45, 2.75) is 36.3 Å². The van der Waals surface area contributed by atoms with E-state index in [1.807, 2.05) is 30.3 Å². The van der Waals surface area contributed by atoms with Crippen LogP contribution in [0.25, 0.3) is 0 Å². The maximum Gasteiger partial charge on any atom is 0.178 e. The number of aryl methyl sites for hydroxylation is 2. The highest BCUT2D eigenvalue weighted by Gasteiger charge is 2.23. The minimum Gasteiger partial charge on any atom is -0.293 e. The number of hydrogen-bond donors (Lipinski definition) is 0. The zero-order chi connectivity index (χ0) is 14.8. The summed E-state index contributed by atoms with van der Waals surface area (Å²) in [6, 6.07) is 15.1. The van der Waals surface area contributed by atoms with Crippen molar-refractivity contribution in [3.8, 4) is 0 Å². The van der Waals surface area contributed by atoms with Crippen molar-refractivity contribution < 1.29 is 9.00 Å². The second-order valence-corrected chi connectivity index (χ2v) is 7.23. The molecule has 3 rings (SSSR count). The molecule has 2 atom stereocenters. The summed E-state index contributed by atoms with van der Waals surface area (Å²) in [7, 11) is -1.30. The minimum absolute atomic E-state index is 0.0607. The maximum absolute atomic E-state index is 12.6. The lowest BCUT2D eigenvalue weighted by Crippen LogP contribution is -2.22. The van der Waals surface area contributed by atoms with Gasteiger partial charge >= 0.3 is 0 Å². The Balaban J connectivity index is 1.83. The van der Waals surface area contributed by atoms with E-state index in [1.165, 1.54) is 17.5 Å². The van der Waals surface area contributed by atoms with Crippen molar-refractivity contribution in [1.82, 2.24) is 0 Å². The molecule has 3 heteroatoms. The SMILES string of the molecule is CC(C(=O)c1ccccc1)S(=O)c1ccc2c(c1)CCC2. The summed E-state index contributed by atoms with van der Waals surface area (Å²) >= 11 is 0. The van der Waals surface area contributed by atoms with E-state index in [4.69, 9.17) is 0 Å². The van der Waals surface area contributed by atoms with Crippen molar-refractivity contribution in [3.63, 3.8) is 0 Å². The molecule has 0 N–H and O–H groups in total. The van der Waals surface area contributed by atoms with Crippen LogP contribution in [0.4, 0.5) is 0 Å². The Morgan fingerprint density at radius 3 is 2.52 bits per heavy atom. The van der Waals surface area contributed by atoms with Crippen LogP contribution in [0.15, 0.2) is 53.4 Å². The van der Waals surface area contributed by atoms with Gasteiger partial charge in [-0.3, -0.25) is 9.00 Å². The van der Waals surface area contributed by atoms with Crippen molar-refractivity contribution >= 4 is 16.6 Å². The number of benzene rings is 2. The van der Waals surface area contributed by atoms with Gasteiger partial charge in [-0.25, -0.2) is 0 Å². The van der Waals surface area contributed by atoms with Crippen LogP contribution in [0.2, 0.25) is 0 Å². The van der Waals surface area contributed by atoms with E-state index in [2.05, 4.69) is 6.07 Å². The molecular formula is C18H18O2S. The standard InChI is InChI=1S/C18H18O2S/c1-13(18(19)15-6-3-2-4-7-15)21(20)17-11-10-14-8-5-9-16(14)12-17/h2-4,6-7,10-13H,5,8-9H2,1H3. The van der Waals surface area contributed by atoms with Crippen molar-refractivity contribution in [2.24, 2.45) is 0 Å². The number of fused-ring (bicyclic) bond motifs is 1. The Labute approximate surface area is 127 Å². The van der Waals surface area contributed by atoms with Gasteiger partial charge in [0.1, 0.15) is 0 Å². The molecule has 2 aromatic carbocycles. The summed E-state index contributed by atoms with van der Waals surface area (Å²) in [5.74, 6) is -0.0607. The molecule has 1 aliphatic carbocycles. The van der Waals surface area contributed by atoms with Gasteiger partial charge in [-0.05, 0) is 49.4 Å². The largest absolute Gasteiger partial charge is 0.293 e. The van der Waals surface area contributed by atoms with E-state index >= 15 is 0 Å². The molecule has 0 spiro atoms. The fourth-order valence-corrected chi connectivity index (χ4v) is 4.01. The van der Waals surface area contributed by atoms with E-state index in [0.29, 0.717) is 5.56 Å². The van der Waals surface area contributed by atoms with Crippen LogP contribution in [0, 0.1) is 0 Å². The highest BCUT2D eigenvalue weighted by molar-refractivity contribution is 7.86. The molecule has 0 saturated heterocycles. The maximum atomic E-state index is 12.6. The lowest BCUT2D eigenvalue weighted by atomic mass is 10.1. The molecule has 0 heterocycles. The number of rotatable bonds is 4. The Morgan fingerprint density at radius 2 is 1.76 bits per heavy atom. The first-order valence-corrected chi connectivity index (χ1v) is 8.50. The normalized spacial score (nSPS) is 16.2. The monoisotopic (exact) mass is 298 g/mol. The molecule has 2 nitrogen and oxygen atoms in total. The Morgan fingerprint density at radius 1 is 1.05 bits per heavy atom. The minimum atomic E-state index is -1.30. The molecule has 0 fully saturated rings.